The summed E-state index contributed by atoms with van der Waals surface area (Å²) in [6.07, 6.45) is 1.43. The summed E-state index contributed by atoms with van der Waals surface area (Å²) < 4.78 is 6.78. The van der Waals surface area contributed by atoms with Crippen LogP contribution in [0.5, 0.6) is 6.01 Å². The number of hydrogen-bond acceptors (Lipinski definition) is 4. The molecular formula is C14H13N3O2. The van der Waals surface area contributed by atoms with Crippen LogP contribution in [0.15, 0.2) is 41.3 Å². The number of benzene rings is 1. The molecule has 0 saturated heterocycles. The topological polar surface area (TPSA) is 67.9 Å². The molecule has 0 spiro atoms. The Morgan fingerprint density at radius 3 is 3.00 bits per heavy atom. The van der Waals surface area contributed by atoms with E-state index in [2.05, 4.69) is 11.1 Å². The Morgan fingerprint density at radius 2 is 2.26 bits per heavy atom. The predicted molar refractivity (Wildman–Crippen MR) is 69.9 cm³/mol. The molecule has 19 heavy (non-hydrogen) atoms. The Balaban J connectivity index is 2.37. The lowest BCUT2D eigenvalue weighted by molar-refractivity contribution is 0.291. The van der Waals surface area contributed by atoms with Crippen LogP contribution in [0.25, 0.3) is 0 Å². The first-order valence-corrected chi connectivity index (χ1v) is 5.92. The summed E-state index contributed by atoms with van der Waals surface area (Å²) >= 11 is 0. The van der Waals surface area contributed by atoms with Gasteiger partial charge in [0.15, 0.2) is 0 Å². The van der Waals surface area contributed by atoms with Gasteiger partial charge >= 0.3 is 0 Å². The zero-order chi connectivity index (χ0) is 13.7. The van der Waals surface area contributed by atoms with E-state index in [1.54, 1.807) is 18.2 Å². The molecule has 0 fully saturated rings. The molecule has 1 heterocycles. The highest BCUT2D eigenvalue weighted by Gasteiger charge is 2.07. The average Bonchev–Trinajstić information content (AvgIpc) is 2.43. The van der Waals surface area contributed by atoms with E-state index < -0.39 is 0 Å². The molecule has 2 rings (SSSR count). The Labute approximate surface area is 110 Å². The van der Waals surface area contributed by atoms with Gasteiger partial charge in [0.05, 0.1) is 24.8 Å². The zero-order valence-electron chi connectivity index (χ0n) is 10.5. The molecule has 0 aliphatic heterocycles. The lowest BCUT2D eigenvalue weighted by atomic mass is 10.1. The van der Waals surface area contributed by atoms with E-state index in [0.29, 0.717) is 18.7 Å². The van der Waals surface area contributed by atoms with Crippen molar-refractivity contribution in [3.63, 3.8) is 0 Å². The fourth-order valence-electron chi connectivity index (χ4n) is 1.73. The molecule has 0 radical (unpaired) electrons. The van der Waals surface area contributed by atoms with E-state index in [-0.39, 0.29) is 11.6 Å². The van der Waals surface area contributed by atoms with Gasteiger partial charge in [-0.1, -0.05) is 12.1 Å². The van der Waals surface area contributed by atoms with E-state index >= 15 is 0 Å². The number of ether oxygens (including phenoxy) is 1. The highest BCUT2D eigenvalue weighted by Crippen LogP contribution is 2.09. The first-order valence-electron chi connectivity index (χ1n) is 5.92. The van der Waals surface area contributed by atoms with Crippen LogP contribution < -0.4 is 10.3 Å². The average molecular weight is 255 g/mol. The van der Waals surface area contributed by atoms with Gasteiger partial charge in [0.25, 0.3) is 11.6 Å². The molecule has 1 aromatic carbocycles. The Hall–Kier alpha value is -2.61. The molecular weight excluding hydrogens is 242 g/mol. The summed E-state index contributed by atoms with van der Waals surface area (Å²) in [6.45, 7) is 2.60. The fourth-order valence-corrected chi connectivity index (χ4v) is 1.73. The van der Waals surface area contributed by atoms with Gasteiger partial charge in [-0.25, -0.2) is 4.98 Å². The molecule has 1 aromatic heterocycles. The summed E-state index contributed by atoms with van der Waals surface area (Å²) in [7, 11) is 0. The van der Waals surface area contributed by atoms with Gasteiger partial charge in [0, 0.05) is 12.3 Å². The lowest BCUT2D eigenvalue weighted by Crippen LogP contribution is -2.22. The second kappa shape index (κ2) is 5.83. The minimum Gasteiger partial charge on any atom is -0.465 e. The molecule has 0 atom stereocenters. The van der Waals surface area contributed by atoms with E-state index in [1.165, 1.54) is 16.8 Å². The monoisotopic (exact) mass is 255 g/mol. The third-order valence-corrected chi connectivity index (χ3v) is 2.57. The number of nitrogens with zero attached hydrogens (tertiary/aromatic N) is 3. The van der Waals surface area contributed by atoms with Crippen molar-refractivity contribution < 1.29 is 4.74 Å². The maximum Gasteiger partial charge on any atom is 0.299 e. The molecule has 0 amide bonds. The summed E-state index contributed by atoms with van der Waals surface area (Å²) in [5, 5.41) is 8.87. The van der Waals surface area contributed by atoms with Crippen molar-refractivity contribution in [3.8, 4) is 12.1 Å². The second-order valence-electron chi connectivity index (χ2n) is 3.90. The third kappa shape index (κ3) is 2.99. The molecule has 0 aliphatic carbocycles. The quantitative estimate of drug-likeness (QED) is 0.831. The normalized spacial score (nSPS) is 9.89. The van der Waals surface area contributed by atoms with E-state index in [4.69, 9.17) is 10.00 Å². The summed E-state index contributed by atoms with van der Waals surface area (Å²) in [6, 6.07) is 10.9. The number of nitriles is 1. The molecule has 96 valence electrons. The van der Waals surface area contributed by atoms with Crippen molar-refractivity contribution in [2.45, 2.75) is 13.5 Å². The largest absolute Gasteiger partial charge is 0.465 e. The number of aromatic nitrogens is 2. The summed E-state index contributed by atoms with van der Waals surface area (Å²) in [5.41, 5.74) is 1.24. The maximum atomic E-state index is 11.9. The van der Waals surface area contributed by atoms with Crippen molar-refractivity contribution in [2.75, 3.05) is 6.61 Å². The van der Waals surface area contributed by atoms with Gasteiger partial charge in [0.2, 0.25) is 0 Å². The van der Waals surface area contributed by atoms with Gasteiger partial charge < -0.3 is 4.74 Å². The number of hydrogen-bond donors (Lipinski definition) is 0. The van der Waals surface area contributed by atoms with Crippen LogP contribution in [-0.2, 0) is 6.54 Å². The van der Waals surface area contributed by atoms with Gasteiger partial charge in [-0.05, 0) is 24.6 Å². The minimum atomic E-state index is -0.180. The predicted octanol–water partition coefficient (Wildman–Crippen LogP) is 1.56. The summed E-state index contributed by atoms with van der Waals surface area (Å²) in [5.74, 6) is 0. The van der Waals surface area contributed by atoms with Gasteiger partial charge in [-0.2, -0.15) is 5.26 Å². The van der Waals surface area contributed by atoms with Crippen LogP contribution in [0.1, 0.15) is 18.1 Å². The molecule has 2 aromatic rings. The maximum absolute atomic E-state index is 11.9. The zero-order valence-corrected chi connectivity index (χ0v) is 10.5. The molecule has 0 saturated carbocycles. The number of rotatable bonds is 4. The standard InChI is InChI=1S/C14H13N3O2/c1-2-19-14-16-7-6-13(18)17(14)10-12-5-3-4-11(8-12)9-15/h3-8H,2,10H2,1H3. The first kappa shape index (κ1) is 12.8. The van der Waals surface area contributed by atoms with Gasteiger partial charge in [-0.3, -0.25) is 9.36 Å². The van der Waals surface area contributed by atoms with Crippen LogP contribution >= 0.6 is 0 Å². The minimum absolute atomic E-state index is 0.180. The van der Waals surface area contributed by atoms with Gasteiger partial charge in [-0.15, -0.1) is 0 Å². The third-order valence-electron chi connectivity index (χ3n) is 2.57. The highest BCUT2D eigenvalue weighted by atomic mass is 16.5. The molecule has 5 heteroatoms. The van der Waals surface area contributed by atoms with Crippen LogP contribution in [0.3, 0.4) is 0 Å². The van der Waals surface area contributed by atoms with Crippen molar-refractivity contribution >= 4 is 0 Å². The van der Waals surface area contributed by atoms with E-state index in [1.807, 2.05) is 13.0 Å². The first-order chi connectivity index (χ1) is 9.24. The van der Waals surface area contributed by atoms with Crippen molar-refractivity contribution in [3.05, 3.63) is 58.0 Å². The van der Waals surface area contributed by atoms with Crippen molar-refractivity contribution in [1.82, 2.24) is 9.55 Å². The van der Waals surface area contributed by atoms with E-state index in [9.17, 15) is 4.79 Å². The molecule has 5 nitrogen and oxygen atoms in total. The highest BCUT2D eigenvalue weighted by molar-refractivity contribution is 5.33. The lowest BCUT2D eigenvalue weighted by Gasteiger charge is -2.11. The molecule has 0 aliphatic rings. The van der Waals surface area contributed by atoms with Crippen LogP contribution in [0.4, 0.5) is 0 Å². The Morgan fingerprint density at radius 1 is 1.42 bits per heavy atom. The second-order valence-corrected chi connectivity index (χ2v) is 3.90. The van der Waals surface area contributed by atoms with Crippen LogP contribution in [0.2, 0.25) is 0 Å². The van der Waals surface area contributed by atoms with Gasteiger partial charge in [0.1, 0.15) is 0 Å². The van der Waals surface area contributed by atoms with Crippen LogP contribution in [0, 0.1) is 11.3 Å². The van der Waals surface area contributed by atoms with Crippen LogP contribution in [-0.4, -0.2) is 16.2 Å². The fraction of sp³-hybridized carbons (Fsp3) is 0.214. The molecule has 0 bridgehead atoms. The Bertz CT molecular complexity index is 671. The van der Waals surface area contributed by atoms with E-state index in [0.717, 1.165) is 5.56 Å². The van der Waals surface area contributed by atoms with Crippen molar-refractivity contribution in [1.29, 1.82) is 5.26 Å². The summed E-state index contributed by atoms with van der Waals surface area (Å²) in [4.78, 5) is 15.9. The Kier molecular flexibility index (Phi) is 3.94. The SMILES string of the molecule is CCOc1nccc(=O)n1Cc1cccc(C#N)c1. The molecule has 0 unspecified atom stereocenters. The smallest absolute Gasteiger partial charge is 0.299 e. The molecule has 0 N–H and O–H groups in total. The van der Waals surface area contributed by atoms with Crippen molar-refractivity contribution in [2.24, 2.45) is 0 Å².